The Balaban J connectivity index is 2.07. The van der Waals surface area contributed by atoms with Crippen LogP contribution in [0, 0.1) is 0 Å². The molecule has 0 saturated carbocycles. The van der Waals surface area contributed by atoms with Crippen molar-refractivity contribution in [3.8, 4) is 0 Å². The standard InChI is InChI=1S/C12H15N5O2S/c1-14-10(18)8-6-19-4-3-17(8)9-7-2-5-20-11(7)16-12(13)15-9/h2,5,8H,3-4,6H2,1H3,(H,14,18)(H2,13,15,16). The summed E-state index contributed by atoms with van der Waals surface area (Å²) < 4.78 is 5.41. The van der Waals surface area contributed by atoms with E-state index in [9.17, 15) is 4.79 Å². The first kappa shape index (κ1) is 13.1. The number of ether oxygens (including phenoxy) is 1. The monoisotopic (exact) mass is 293 g/mol. The van der Waals surface area contributed by atoms with Crippen molar-refractivity contribution >= 4 is 39.2 Å². The number of nitrogens with two attached hydrogens (primary N) is 1. The number of nitrogens with zero attached hydrogens (tertiary/aromatic N) is 3. The fourth-order valence-electron chi connectivity index (χ4n) is 2.32. The second-order valence-electron chi connectivity index (χ2n) is 4.44. The number of fused-ring (bicyclic) bond motifs is 1. The van der Waals surface area contributed by atoms with Gasteiger partial charge in [-0.1, -0.05) is 0 Å². The first-order valence-corrected chi connectivity index (χ1v) is 7.15. The maximum absolute atomic E-state index is 12.0. The highest BCUT2D eigenvalue weighted by molar-refractivity contribution is 7.16. The average Bonchev–Trinajstić information content (AvgIpc) is 2.93. The lowest BCUT2D eigenvalue weighted by Crippen LogP contribution is -2.53. The summed E-state index contributed by atoms with van der Waals surface area (Å²) in [6.07, 6.45) is 0. The second-order valence-corrected chi connectivity index (χ2v) is 5.34. The van der Waals surface area contributed by atoms with Crippen molar-refractivity contribution in [1.82, 2.24) is 15.3 Å². The van der Waals surface area contributed by atoms with Gasteiger partial charge in [0.15, 0.2) is 0 Å². The van der Waals surface area contributed by atoms with E-state index < -0.39 is 6.04 Å². The summed E-state index contributed by atoms with van der Waals surface area (Å²) >= 11 is 1.51. The highest BCUT2D eigenvalue weighted by Crippen LogP contribution is 2.30. The number of thiophene rings is 1. The van der Waals surface area contributed by atoms with E-state index in [0.717, 1.165) is 10.2 Å². The maximum Gasteiger partial charge on any atom is 0.244 e. The Kier molecular flexibility index (Phi) is 3.41. The van der Waals surface area contributed by atoms with Crippen LogP contribution in [0.4, 0.5) is 11.8 Å². The van der Waals surface area contributed by atoms with Crippen molar-refractivity contribution in [2.75, 3.05) is 37.4 Å². The van der Waals surface area contributed by atoms with E-state index in [2.05, 4.69) is 15.3 Å². The molecule has 1 aliphatic rings. The van der Waals surface area contributed by atoms with Gasteiger partial charge >= 0.3 is 0 Å². The number of hydrogen-bond donors (Lipinski definition) is 2. The van der Waals surface area contributed by atoms with Crippen LogP contribution in [0.25, 0.3) is 10.2 Å². The predicted molar refractivity (Wildman–Crippen MR) is 77.8 cm³/mol. The van der Waals surface area contributed by atoms with Gasteiger partial charge in [-0.15, -0.1) is 11.3 Å². The van der Waals surface area contributed by atoms with Gasteiger partial charge in [0, 0.05) is 13.6 Å². The van der Waals surface area contributed by atoms with E-state index in [-0.39, 0.29) is 11.9 Å². The summed E-state index contributed by atoms with van der Waals surface area (Å²) in [7, 11) is 1.61. The molecule has 1 amide bonds. The number of rotatable bonds is 2. The van der Waals surface area contributed by atoms with Crippen molar-refractivity contribution in [2.45, 2.75) is 6.04 Å². The van der Waals surface area contributed by atoms with Crippen LogP contribution in [0.5, 0.6) is 0 Å². The molecule has 106 valence electrons. The van der Waals surface area contributed by atoms with Gasteiger partial charge in [0.25, 0.3) is 0 Å². The summed E-state index contributed by atoms with van der Waals surface area (Å²) in [5, 5.41) is 5.52. The third-order valence-corrected chi connectivity index (χ3v) is 4.08. The Hall–Kier alpha value is -1.93. The third-order valence-electron chi connectivity index (χ3n) is 3.27. The molecule has 3 rings (SSSR count). The van der Waals surface area contributed by atoms with Crippen LogP contribution in [-0.4, -0.2) is 48.7 Å². The summed E-state index contributed by atoms with van der Waals surface area (Å²) in [5.41, 5.74) is 5.77. The Morgan fingerprint density at radius 3 is 3.25 bits per heavy atom. The molecule has 3 N–H and O–H groups in total. The van der Waals surface area contributed by atoms with Gasteiger partial charge in [0.05, 0.1) is 18.6 Å². The van der Waals surface area contributed by atoms with Crippen LogP contribution in [0.2, 0.25) is 0 Å². The molecule has 1 atom stereocenters. The van der Waals surface area contributed by atoms with Gasteiger partial charge in [0.1, 0.15) is 16.7 Å². The van der Waals surface area contributed by atoms with Crippen LogP contribution in [-0.2, 0) is 9.53 Å². The normalized spacial score (nSPS) is 19.2. The molecular formula is C12H15N5O2S. The largest absolute Gasteiger partial charge is 0.377 e. The van der Waals surface area contributed by atoms with Gasteiger partial charge in [-0.2, -0.15) is 4.98 Å². The lowest BCUT2D eigenvalue weighted by molar-refractivity contribution is -0.124. The highest BCUT2D eigenvalue weighted by atomic mass is 32.1. The first-order valence-electron chi connectivity index (χ1n) is 6.27. The molecule has 8 heteroatoms. The maximum atomic E-state index is 12.0. The van der Waals surface area contributed by atoms with Gasteiger partial charge in [-0.05, 0) is 11.4 Å². The van der Waals surface area contributed by atoms with Crippen LogP contribution >= 0.6 is 11.3 Å². The van der Waals surface area contributed by atoms with Crippen LogP contribution in [0.15, 0.2) is 11.4 Å². The first-order chi connectivity index (χ1) is 9.70. The number of hydrogen-bond acceptors (Lipinski definition) is 7. The van der Waals surface area contributed by atoms with Crippen LogP contribution < -0.4 is 16.0 Å². The molecule has 1 aliphatic heterocycles. The van der Waals surface area contributed by atoms with E-state index in [1.807, 2.05) is 16.3 Å². The second kappa shape index (κ2) is 5.22. The van der Waals surface area contributed by atoms with E-state index in [1.165, 1.54) is 11.3 Å². The molecular weight excluding hydrogens is 278 g/mol. The molecule has 0 spiro atoms. The Bertz CT molecular complexity index is 644. The smallest absolute Gasteiger partial charge is 0.244 e. The Labute approximate surface area is 119 Å². The number of aromatic nitrogens is 2. The summed E-state index contributed by atoms with van der Waals surface area (Å²) in [6.45, 7) is 1.50. The van der Waals surface area contributed by atoms with Gasteiger partial charge in [0.2, 0.25) is 11.9 Å². The topological polar surface area (TPSA) is 93.4 Å². The van der Waals surface area contributed by atoms with E-state index in [0.29, 0.717) is 25.6 Å². The zero-order valence-electron chi connectivity index (χ0n) is 11.0. The number of amides is 1. The quantitative estimate of drug-likeness (QED) is 0.823. The molecule has 20 heavy (non-hydrogen) atoms. The van der Waals surface area contributed by atoms with Crippen LogP contribution in [0.3, 0.4) is 0 Å². The summed E-state index contributed by atoms with van der Waals surface area (Å²) in [4.78, 5) is 23.3. The van der Waals surface area contributed by atoms with E-state index in [4.69, 9.17) is 10.5 Å². The minimum atomic E-state index is -0.397. The molecule has 0 aromatic carbocycles. The third kappa shape index (κ3) is 2.16. The molecule has 0 bridgehead atoms. The predicted octanol–water partition coefficient (Wildman–Crippen LogP) is 0.225. The fourth-order valence-corrected chi connectivity index (χ4v) is 3.08. The van der Waals surface area contributed by atoms with Gasteiger partial charge in [-0.25, -0.2) is 4.98 Å². The molecule has 0 aliphatic carbocycles. The number of anilines is 2. The minimum absolute atomic E-state index is 0.0923. The number of nitrogens with one attached hydrogen (secondary N) is 1. The van der Waals surface area contributed by atoms with Gasteiger partial charge < -0.3 is 20.7 Å². The fraction of sp³-hybridized carbons (Fsp3) is 0.417. The van der Waals surface area contributed by atoms with E-state index in [1.54, 1.807) is 7.05 Å². The lowest BCUT2D eigenvalue weighted by atomic mass is 10.2. The van der Waals surface area contributed by atoms with Crippen molar-refractivity contribution in [3.05, 3.63) is 11.4 Å². The van der Waals surface area contributed by atoms with Crippen molar-refractivity contribution in [2.24, 2.45) is 0 Å². The van der Waals surface area contributed by atoms with E-state index >= 15 is 0 Å². The Morgan fingerprint density at radius 1 is 1.60 bits per heavy atom. The van der Waals surface area contributed by atoms with Crippen molar-refractivity contribution in [3.63, 3.8) is 0 Å². The number of morpholine rings is 1. The minimum Gasteiger partial charge on any atom is -0.377 e. The van der Waals surface area contributed by atoms with Crippen molar-refractivity contribution < 1.29 is 9.53 Å². The van der Waals surface area contributed by atoms with Crippen molar-refractivity contribution in [1.29, 1.82) is 0 Å². The SMILES string of the molecule is CNC(=O)C1COCCN1c1nc(N)nc2sccc12. The molecule has 3 heterocycles. The molecule has 2 aromatic heterocycles. The summed E-state index contributed by atoms with van der Waals surface area (Å²) in [6, 6.07) is 1.55. The highest BCUT2D eigenvalue weighted by Gasteiger charge is 2.31. The molecule has 7 nitrogen and oxygen atoms in total. The number of carbonyl (C=O) groups excluding carboxylic acids is 1. The number of likely N-dealkylation sites (N-methyl/N-ethyl adjacent to an activating group) is 1. The lowest BCUT2D eigenvalue weighted by Gasteiger charge is -2.35. The molecule has 1 fully saturated rings. The average molecular weight is 293 g/mol. The zero-order chi connectivity index (χ0) is 14.1. The van der Waals surface area contributed by atoms with Crippen LogP contribution in [0.1, 0.15) is 0 Å². The zero-order valence-corrected chi connectivity index (χ0v) is 11.8. The molecule has 0 radical (unpaired) electrons. The molecule has 1 saturated heterocycles. The van der Waals surface area contributed by atoms with Gasteiger partial charge in [-0.3, -0.25) is 4.79 Å². The summed E-state index contributed by atoms with van der Waals surface area (Å²) in [5.74, 6) is 0.827. The number of carbonyl (C=O) groups is 1. The number of nitrogen functional groups attached to an aromatic ring is 1. The molecule has 1 unspecified atom stereocenters. The Morgan fingerprint density at radius 2 is 2.45 bits per heavy atom. The molecule has 2 aromatic rings.